The van der Waals surface area contributed by atoms with Gasteiger partial charge < -0.3 is 0 Å². The van der Waals surface area contributed by atoms with Gasteiger partial charge in [-0.2, -0.15) is 5.10 Å². The van der Waals surface area contributed by atoms with Crippen LogP contribution in [0.4, 0.5) is 4.39 Å². The molecular weight excluding hydrogens is 219 g/mol. The molecule has 4 nitrogen and oxygen atoms in total. The first-order chi connectivity index (χ1) is 8.13. The lowest BCUT2D eigenvalue weighted by Crippen LogP contribution is -2.29. The zero-order chi connectivity index (χ0) is 12.4. The summed E-state index contributed by atoms with van der Waals surface area (Å²) in [6.07, 6.45) is 3.48. The van der Waals surface area contributed by atoms with E-state index in [0.29, 0.717) is 11.1 Å². The fourth-order valence-electron chi connectivity index (χ4n) is 1.85. The zero-order valence-corrected chi connectivity index (χ0v) is 9.81. The molecule has 0 bridgehead atoms. The second-order valence-electron chi connectivity index (χ2n) is 4.03. The molecule has 1 heterocycles. The van der Waals surface area contributed by atoms with Gasteiger partial charge in [-0.05, 0) is 12.5 Å². The first-order valence-corrected chi connectivity index (χ1v) is 5.33. The predicted octanol–water partition coefficient (Wildman–Crippen LogP) is 1.42. The lowest BCUT2D eigenvalue weighted by Gasteiger charge is -2.16. The van der Waals surface area contributed by atoms with Crippen LogP contribution < -0.4 is 11.3 Å². The summed E-state index contributed by atoms with van der Waals surface area (Å²) in [6.45, 7) is 1.73. The number of hydrogen-bond acceptors (Lipinski definition) is 3. The normalized spacial score (nSPS) is 12.7. The third-order valence-electron chi connectivity index (χ3n) is 2.76. The van der Waals surface area contributed by atoms with Crippen molar-refractivity contribution in [3.63, 3.8) is 0 Å². The Balaban J connectivity index is 2.45. The number of rotatable bonds is 3. The highest BCUT2D eigenvalue weighted by atomic mass is 19.1. The first kappa shape index (κ1) is 11.8. The van der Waals surface area contributed by atoms with Crippen LogP contribution in [0.15, 0.2) is 30.6 Å². The predicted molar refractivity (Wildman–Crippen MR) is 63.5 cm³/mol. The van der Waals surface area contributed by atoms with Crippen LogP contribution in [0.5, 0.6) is 0 Å². The lowest BCUT2D eigenvalue weighted by atomic mass is 9.99. The number of aromatic nitrogens is 2. The van der Waals surface area contributed by atoms with Crippen molar-refractivity contribution in [1.82, 2.24) is 15.2 Å². The minimum atomic E-state index is -0.386. The molecule has 1 atom stereocenters. The van der Waals surface area contributed by atoms with Crippen molar-refractivity contribution < 1.29 is 4.39 Å². The molecule has 3 N–H and O–H groups in total. The summed E-state index contributed by atoms with van der Waals surface area (Å²) >= 11 is 0. The molecule has 1 aromatic carbocycles. The van der Waals surface area contributed by atoms with E-state index in [4.69, 9.17) is 5.84 Å². The van der Waals surface area contributed by atoms with Crippen molar-refractivity contribution >= 4 is 0 Å². The molecule has 0 radical (unpaired) electrons. The summed E-state index contributed by atoms with van der Waals surface area (Å²) in [4.78, 5) is 0. The zero-order valence-electron chi connectivity index (χ0n) is 9.81. The summed E-state index contributed by atoms with van der Waals surface area (Å²) in [7, 11) is 1.81. The van der Waals surface area contributed by atoms with E-state index in [1.165, 1.54) is 0 Å². The molecule has 0 aliphatic carbocycles. The van der Waals surface area contributed by atoms with Gasteiger partial charge in [-0.25, -0.2) is 9.82 Å². The summed E-state index contributed by atoms with van der Waals surface area (Å²) in [5, 5.41) is 4.06. The molecule has 0 fully saturated rings. The number of nitrogens with zero attached hydrogens (tertiary/aromatic N) is 2. The van der Waals surface area contributed by atoms with Gasteiger partial charge in [-0.1, -0.05) is 18.2 Å². The van der Waals surface area contributed by atoms with E-state index < -0.39 is 0 Å². The number of nitrogens with one attached hydrogen (secondary N) is 1. The highest BCUT2D eigenvalue weighted by Gasteiger charge is 2.18. The Morgan fingerprint density at radius 2 is 2.24 bits per heavy atom. The van der Waals surface area contributed by atoms with E-state index in [1.54, 1.807) is 29.9 Å². The molecule has 1 unspecified atom stereocenters. The van der Waals surface area contributed by atoms with E-state index in [0.717, 1.165) is 5.56 Å². The molecule has 0 saturated heterocycles. The third-order valence-corrected chi connectivity index (χ3v) is 2.76. The Labute approximate surface area is 99.2 Å². The molecule has 0 spiro atoms. The smallest absolute Gasteiger partial charge is 0.131 e. The average molecular weight is 234 g/mol. The topological polar surface area (TPSA) is 55.9 Å². The molecule has 2 aromatic rings. The van der Waals surface area contributed by atoms with E-state index in [1.807, 2.05) is 19.3 Å². The Bertz CT molecular complexity index is 521. The molecule has 17 heavy (non-hydrogen) atoms. The van der Waals surface area contributed by atoms with Gasteiger partial charge in [0.05, 0.1) is 12.2 Å². The Kier molecular flexibility index (Phi) is 3.21. The van der Waals surface area contributed by atoms with Crippen LogP contribution in [0, 0.1) is 12.7 Å². The number of benzene rings is 1. The summed E-state index contributed by atoms with van der Waals surface area (Å²) < 4.78 is 15.7. The number of aryl methyl sites for hydroxylation is 2. The van der Waals surface area contributed by atoms with E-state index in [2.05, 4.69) is 10.5 Å². The van der Waals surface area contributed by atoms with Crippen molar-refractivity contribution in [1.29, 1.82) is 0 Å². The highest BCUT2D eigenvalue weighted by Crippen LogP contribution is 2.24. The van der Waals surface area contributed by atoms with Gasteiger partial charge in [0.25, 0.3) is 0 Å². The average Bonchev–Trinajstić information content (AvgIpc) is 2.72. The Morgan fingerprint density at radius 3 is 2.82 bits per heavy atom. The molecule has 0 amide bonds. The maximum atomic E-state index is 14.0. The van der Waals surface area contributed by atoms with Gasteiger partial charge >= 0.3 is 0 Å². The molecule has 1 aromatic heterocycles. The second kappa shape index (κ2) is 4.65. The van der Waals surface area contributed by atoms with Crippen LogP contribution >= 0.6 is 0 Å². The molecule has 5 heteroatoms. The van der Waals surface area contributed by atoms with Crippen molar-refractivity contribution in [2.75, 3.05) is 0 Å². The number of halogens is 1. The van der Waals surface area contributed by atoms with E-state index in [9.17, 15) is 4.39 Å². The number of hydrogen-bond donors (Lipinski definition) is 2. The summed E-state index contributed by atoms with van der Waals surface area (Å²) in [5.41, 5.74) is 4.59. The van der Waals surface area contributed by atoms with E-state index >= 15 is 0 Å². The van der Waals surface area contributed by atoms with Crippen LogP contribution in [0.3, 0.4) is 0 Å². The fourth-order valence-corrected chi connectivity index (χ4v) is 1.85. The van der Waals surface area contributed by atoms with E-state index in [-0.39, 0.29) is 11.9 Å². The molecule has 90 valence electrons. The van der Waals surface area contributed by atoms with Crippen molar-refractivity contribution in [2.24, 2.45) is 12.9 Å². The summed E-state index contributed by atoms with van der Waals surface area (Å²) in [6, 6.07) is 4.88. The Morgan fingerprint density at radius 1 is 1.47 bits per heavy atom. The number of nitrogens with two attached hydrogens (primary N) is 1. The maximum Gasteiger partial charge on any atom is 0.131 e. The van der Waals surface area contributed by atoms with Gasteiger partial charge in [-0.15, -0.1) is 0 Å². The van der Waals surface area contributed by atoms with Crippen molar-refractivity contribution in [2.45, 2.75) is 13.0 Å². The molecule has 0 aliphatic heterocycles. The monoisotopic (exact) mass is 234 g/mol. The van der Waals surface area contributed by atoms with Crippen LogP contribution in [-0.2, 0) is 7.05 Å². The SMILES string of the molecule is Cc1cccc(C(NN)c2cnn(C)c2)c1F. The van der Waals surface area contributed by atoms with Gasteiger partial charge in [-0.3, -0.25) is 10.5 Å². The van der Waals surface area contributed by atoms with Gasteiger partial charge in [0.1, 0.15) is 5.82 Å². The van der Waals surface area contributed by atoms with Crippen LogP contribution in [0.1, 0.15) is 22.7 Å². The lowest BCUT2D eigenvalue weighted by molar-refractivity contribution is 0.554. The van der Waals surface area contributed by atoms with Gasteiger partial charge in [0.15, 0.2) is 0 Å². The van der Waals surface area contributed by atoms with Crippen molar-refractivity contribution in [3.8, 4) is 0 Å². The minimum Gasteiger partial charge on any atom is -0.275 e. The largest absolute Gasteiger partial charge is 0.275 e. The Hall–Kier alpha value is -1.72. The second-order valence-corrected chi connectivity index (χ2v) is 4.03. The fraction of sp³-hybridized carbons (Fsp3) is 0.250. The third kappa shape index (κ3) is 2.20. The standard InChI is InChI=1S/C12H15FN4/c1-8-4-3-5-10(11(8)13)12(16-14)9-6-15-17(2)7-9/h3-7,12,16H,14H2,1-2H3. The van der Waals surface area contributed by atoms with Gasteiger partial charge in [0, 0.05) is 24.4 Å². The molecule has 0 aliphatic rings. The highest BCUT2D eigenvalue weighted by molar-refractivity contribution is 5.33. The quantitative estimate of drug-likeness (QED) is 0.624. The van der Waals surface area contributed by atoms with Crippen LogP contribution in [0.25, 0.3) is 0 Å². The number of hydrazine groups is 1. The molecular formula is C12H15FN4. The first-order valence-electron chi connectivity index (χ1n) is 5.33. The molecule has 2 rings (SSSR count). The summed E-state index contributed by atoms with van der Waals surface area (Å²) in [5.74, 6) is 5.27. The van der Waals surface area contributed by atoms with Crippen LogP contribution in [-0.4, -0.2) is 9.78 Å². The minimum absolute atomic E-state index is 0.237. The van der Waals surface area contributed by atoms with Crippen LogP contribution in [0.2, 0.25) is 0 Å². The van der Waals surface area contributed by atoms with Gasteiger partial charge in [0.2, 0.25) is 0 Å². The van der Waals surface area contributed by atoms with Crippen molar-refractivity contribution in [3.05, 3.63) is 53.1 Å². The maximum absolute atomic E-state index is 14.0. The molecule has 0 saturated carbocycles.